The summed E-state index contributed by atoms with van der Waals surface area (Å²) in [4.78, 5) is 29.8. The van der Waals surface area contributed by atoms with Crippen molar-refractivity contribution in [2.75, 3.05) is 25.2 Å². The van der Waals surface area contributed by atoms with Gasteiger partial charge in [0.2, 0.25) is 0 Å². The van der Waals surface area contributed by atoms with Crippen LogP contribution in [-0.2, 0) is 30.6 Å². The zero-order valence-corrected chi connectivity index (χ0v) is 16.7. The monoisotopic (exact) mass is 410 g/mol. The number of benzene rings is 1. The van der Waals surface area contributed by atoms with Crippen molar-refractivity contribution in [3.63, 3.8) is 0 Å². The summed E-state index contributed by atoms with van der Waals surface area (Å²) in [5.74, 6) is -0.736. The number of carbonyl (C=O) groups is 2. The molecule has 7 nitrogen and oxygen atoms in total. The summed E-state index contributed by atoms with van der Waals surface area (Å²) in [7, 11) is -1.51. The van der Waals surface area contributed by atoms with E-state index in [4.69, 9.17) is 4.74 Å². The highest BCUT2D eigenvalue weighted by Gasteiger charge is 2.32. The van der Waals surface area contributed by atoms with Gasteiger partial charge in [-0.1, -0.05) is 12.1 Å². The number of fused-ring (bicyclic) bond motifs is 1. The van der Waals surface area contributed by atoms with Crippen LogP contribution in [0.3, 0.4) is 0 Å². The molecule has 27 heavy (non-hydrogen) atoms. The molecule has 2 heterocycles. The standard InChI is InChI=1S/C18H22N2O5S2/c1-20(13-9-10-27(23,24)12-13)17(21)11-25-18(22)8-4-7-16-19-14-5-2-3-6-15(14)26-16/h2-3,5-6,13H,4,7-12H2,1H3/t13-/m1/s1. The number of carbonyl (C=O) groups excluding carboxylic acids is 2. The second kappa shape index (κ2) is 8.35. The number of aromatic nitrogens is 1. The number of ether oxygens (including phenoxy) is 1. The molecule has 0 N–H and O–H groups in total. The number of hydrogen-bond acceptors (Lipinski definition) is 7. The van der Waals surface area contributed by atoms with E-state index in [0.29, 0.717) is 19.3 Å². The Morgan fingerprint density at radius 2 is 2.11 bits per heavy atom. The van der Waals surface area contributed by atoms with Crippen LogP contribution in [0, 0.1) is 0 Å². The van der Waals surface area contributed by atoms with Crippen LogP contribution < -0.4 is 0 Å². The predicted molar refractivity (Wildman–Crippen MR) is 103 cm³/mol. The fraction of sp³-hybridized carbons (Fsp3) is 0.500. The molecule has 0 radical (unpaired) electrons. The summed E-state index contributed by atoms with van der Waals surface area (Å²) in [6.07, 6.45) is 1.93. The van der Waals surface area contributed by atoms with Crippen LogP contribution in [0.4, 0.5) is 0 Å². The Hall–Kier alpha value is -2.00. The van der Waals surface area contributed by atoms with E-state index < -0.39 is 15.8 Å². The van der Waals surface area contributed by atoms with E-state index in [-0.39, 0.29) is 36.5 Å². The second-order valence-corrected chi connectivity index (χ2v) is 9.99. The summed E-state index contributed by atoms with van der Waals surface area (Å²) in [5, 5.41) is 0.974. The van der Waals surface area contributed by atoms with Crippen LogP contribution in [0.2, 0.25) is 0 Å². The van der Waals surface area contributed by atoms with Gasteiger partial charge >= 0.3 is 5.97 Å². The first-order valence-electron chi connectivity index (χ1n) is 8.80. The Balaban J connectivity index is 1.38. The predicted octanol–water partition coefficient (Wildman–Crippen LogP) is 1.81. The molecule has 1 amide bonds. The number of nitrogens with zero attached hydrogens (tertiary/aromatic N) is 2. The van der Waals surface area contributed by atoms with E-state index in [9.17, 15) is 18.0 Å². The SMILES string of the molecule is CN(C(=O)COC(=O)CCCc1nc2ccccc2s1)[C@@H]1CCS(=O)(=O)C1. The Morgan fingerprint density at radius 3 is 2.81 bits per heavy atom. The molecule has 1 aliphatic heterocycles. The van der Waals surface area contributed by atoms with Gasteiger partial charge in [0.1, 0.15) is 0 Å². The van der Waals surface area contributed by atoms with Gasteiger partial charge in [-0.25, -0.2) is 13.4 Å². The molecule has 0 spiro atoms. The van der Waals surface area contributed by atoms with Gasteiger partial charge in [0.15, 0.2) is 16.4 Å². The smallest absolute Gasteiger partial charge is 0.306 e. The van der Waals surface area contributed by atoms with Gasteiger partial charge in [0.05, 0.1) is 26.7 Å². The van der Waals surface area contributed by atoms with Gasteiger partial charge in [-0.2, -0.15) is 0 Å². The summed E-state index contributed by atoms with van der Waals surface area (Å²) in [6.45, 7) is -0.354. The second-order valence-electron chi connectivity index (χ2n) is 6.65. The lowest BCUT2D eigenvalue weighted by atomic mass is 10.2. The normalized spacial score (nSPS) is 18.5. The van der Waals surface area contributed by atoms with Crippen molar-refractivity contribution >= 4 is 43.3 Å². The fourth-order valence-corrected chi connectivity index (χ4v) is 5.79. The molecule has 1 aromatic heterocycles. The summed E-state index contributed by atoms with van der Waals surface area (Å²) in [5.41, 5.74) is 0.961. The minimum absolute atomic E-state index is 0.0225. The number of sulfone groups is 1. The molecule has 146 valence electrons. The Bertz CT molecular complexity index is 905. The minimum atomic E-state index is -3.06. The molecule has 0 unspecified atom stereocenters. The molecule has 2 aromatic rings. The zero-order valence-electron chi connectivity index (χ0n) is 15.1. The molecular weight excluding hydrogens is 388 g/mol. The van der Waals surface area contributed by atoms with Gasteiger partial charge < -0.3 is 9.64 Å². The Labute approximate surface area is 162 Å². The molecule has 3 rings (SSSR count). The van der Waals surface area contributed by atoms with Crippen molar-refractivity contribution < 1.29 is 22.7 Å². The lowest BCUT2D eigenvalue weighted by Crippen LogP contribution is -2.40. The van der Waals surface area contributed by atoms with Gasteiger partial charge in [-0.15, -0.1) is 11.3 Å². The number of hydrogen-bond donors (Lipinski definition) is 0. The first-order valence-corrected chi connectivity index (χ1v) is 11.4. The number of amides is 1. The summed E-state index contributed by atoms with van der Waals surface area (Å²) < 4.78 is 29.2. The largest absolute Gasteiger partial charge is 0.456 e. The first kappa shape index (κ1) is 19.8. The number of thiazole rings is 1. The number of aryl methyl sites for hydroxylation is 1. The van der Waals surface area contributed by atoms with Crippen LogP contribution in [0.1, 0.15) is 24.3 Å². The first-order chi connectivity index (χ1) is 12.8. The molecule has 0 bridgehead atoms. The number of likely N-dealkylation sites (N-methyl/N-ethyl adjacent to an activating group) is 1. The quantitative estimate of drug-likeness (QED) is 0.646. The fourth-order valence-electron chi connectivity index (χ4n) is 3.01. The number of para-hydroxylation sites is 1. The molecular formula is C18H22N2O5S2. The number of rotatable bonds is 7. The van der Waals surface area contributed by atoms with Crippen LogP contribution in [0.25, 0.3) is 10.2 Å². The molecule has 0 saturated carbocycles. The molecule has 1 saturated heterocycles. The molecule has 1 aliphatic rings. The minimum Gasteiger partial charge on any atom is -0.456 e. The molecule has 1 fully saturated rings. The van der Waals surface area contributed by atoms with Crippen molar-refractivity contribution in [2.45, 2.75) is 31.7 Å². The maximum absolute atomic E-state index is 12.1. The van der Waals surface area contributed by atoms with Crippen LogP contribution in [0.15, 0.2) is 24.3 Å². The highest BCUT2D eigenvalue weighted by atomic mass is 32.2. The molecule has 1 aromatic carbocycles. The number of esters is 1. The van der Waals surface area contributed by atoms with Crippen molar-refractivity contribution in [3.8, 4) is 0 Å². The highest BCUT2D eigenvalue weighted by molar-refractivity contribution is 7.91. The van der Waals surface area contributed by atoms with E-state index in [2.05, 4.69) is 4.98 Å². The Morgan fingerprint density at radius 1 is 1.33 bits per heavy atom. The van der Waals surface area contributed by atoms with Gasteiger partial charge in [0, 0.05) is 19.5 Å². The lowest BCUT2D eigenvalue weighted by Gasteiger charge is -2.23. The Kier molecular flexibility index (Phi) is 6.11. The van der Waals surface area contributed by atoms with Crippen molar-refractivity contribution in [3.05, 3.63) is 29.3 Å². The molecule has 9 heteroatoms. The summed E-state index contributed by atoms with van der Waals surface area (Å²) >= 11 is 1.61. The highest BCUT2D eigenvalue weighted by Crippen LogP contribution is 2.22. The average molecular weight is 411 g/mol. The van der Waals surface area contributed by atoms with E-state index in [0.717, 1.165) is 15.2 Å². The van der Waals surface area contributed by atoms with Gasteiger partial charge in [-0.3, -0.25) is 9.59 Å². The molecule has 1 atom stereocenters. The van der Waals surface area contributed by atoms with E-state index >= 15 is 0 Å². The molecule has 0 aliphatic carbocycles. The van der Waals surface area contributed by atoms with E-state index in [1.807, 2.05) is 24.3 Å². The zero-order chi connectivity index (χ0) is 19.4. The van der Waals surface area contributed by atoms with Crippen molar-refractivity contribution in [1.82, 2.24) is 9.88 Å². The topological polar surface area (TPSA) is 93.6 Å². The van der Waals surface area contributed by atoms with Crippen LogP contribution in [-0.4, -0.2) is 61.4 Å². The van der Waals surface area contributed by atoms with Gasteiger partial charge in [-0.05, 0) is 31.4 Å². The van der Waals surface area contributed by atoms with E-state index in [1.54, 1.807) is 18.4 Å². The van der Waals surface area contributed by atoms with Crippen molar-refractivity contribution in [1.29, 1.82) is 0 Å². The van der Waals surface area contributed by atoms with Gasteiger partial charge in [0.25, 0.3) is 5.91 Å². The summed E-state index contributed by atoms with van der Waals surface area (Å²) in [6, 6.07) is 7.55. The maximum atomic E-state index is 12.1. The van der Waals surface area contributed by atoms with Crippen molar-refractivity contribution in [2.24, 2.45) is 0 Å². The third kappa shape index (κ3) is 5.26. The third-order valence-corrected chi connectivity index (χ3v) is 7.46. The van der Waals surface area contributed by atoms with Crippen LogP contribution in [0.5, 0.6) is 0 Å². The van der Waals surface area contributed by atoms with Crippen LogP contribution >= 0.6 is 11.3 Å². The lowest BCUT2D eigenvalue weighted by molar-refractivity contribution is -0.152. The third-order valence-electron chi connectivity index (χ3n) is 4.62. The average Bonchev–Trinajstić information content (AvgIpc) is 3.21. The van der Waals surface area contributed by atoms with E-state index in [1.165, 1.54) is 4.90 Å². The maximum Gasteiger partial charge on any atom is 0.306 e.